The molecule has 1 aliphatic rings. The van der Waals surface area contributed by atoms with Crippen LogP contribution in [-0.2, 0) is 0 Å². The van der Waals surface area contributed by atoms with Gasteiger partial charge in [-0.25, -0.2) is 0 Å². The first-order valence-corrected chi connectivity index (χ1v) is 10.6. The topological polar surface area (TPSA) is 57.6 Å². The number of aromatic nitrogens is 1. The highest BCUT2D eigenvalue weighted by molar-refractivity contribution is 5.95. The third kappa shape index (κ3) is 4.79. The summed E-state index contributed by atoms with van der Waals surface area (Å²) in [5, 5.41) is 3.12. The van der Waals surface area contributed by atoms with Crippen molar-refractivity contribution in [3.8, 4) is 5.69 Å². The number of likely N-dealkylation sites (tertiary alicyclic amines) is 1. The summed E-state index contributed by atoms with van der Waals surface area (Å²) in [6.45, 7) is 1.29. The number of carbonyl (C=O) groups excluding carboxylic acids is 2. The number of rotatable bonds is 5. The molecule has 1 fully saturated rings. The zero-order valence-electron chi connectivity index (χ0n) is 18.0. The van der Waals surface area contributed by atoms with Gasteiger partial charge in [0.25, 0.3) is 11.8 Å². The lowest BCUT2D eigenvalue weighted by Gasteiger charge is -2.32. The monoisotopic (exact) mass is 416 g/mol. The fraction of sp³-hybridized carbons (Fsp3) is 0.280. The Bertz CT molecular complexity index is 1020. The Morgan fingerprint density at radius 3 is 2.03 bits per heavy atom. The maximum Gasteiger partial charge on any atom is 0.253 e. The Balaban J connectivity index is 1.29. The van der Waals surface area contributed by atoms with Gasteiger partial charge >= 0.3 is 0 Å². The molecule has 1 aliphatic heterocycles. The molecule has 3 aromatic rings. The van der Waals surface area contributed by atoms with Gasteiger partial charge in [0.05, 0.1) is 0 Å². The van der Waals surface area contributed by atoms with E-state index in [4.69, 9.17) is 0 Å². The molecule has 0 saturated carbocycles. The molecule has 2 heterocycles. The molecule has 1 aromatic heterocycles. The van der Waals surface area contributed by atoms with Crippen LogP contribution in [0, 0.1) is 0 Å². The Labute approximate surface area is 183 Å². The number of amides is 2. The number of hydrogen-bond donors (Lipinski definition) is 1. The third-order valence-corrected chi connectivity index (χ3v) is 5.78. The summed E-state index contributed by atoms with van der Waals surface area (Å²) < 4.78 is 2.00. The maximum absolute atomic E-state index is 12.8. The van der Waals surface area contributed by atoms with Crippen LogP contribution in [0.4, 0.5) is 5.69 Å². The first-order chi connectivity index (χ1) is 15.0. The molecule has 0 unspecified atom stereocenters. The lowest BCUT2D eigenvalue weighted by Crippen LogP contribution is -2.46. The maximum atomic E-state index is 12.8. The zero-order valence-corrected chi connectivity index (χ0v) is 18.0. The second kappa shape index (κ2) is 9.08. The summed E-state index contributed by atoms with van der Waals surface area (Å²) in [5.74, 6) is -0.0150. The van der Waals surface area contributed by atoms with Crippen molar-refractivity contribution in [2.24, 2.45) is 0 Å². The molecule has 6 nitrogen and oxygen atoms in total. The first-order valence-electron chi connectivity index (χ1n) is 10.6. The smallest absolute Gasteiger partial charge is 0.253 e. The van der Waals surface area contributed by atoms with E-state index < -0.39 is 0 Å². The number of carbonyl (C=O) groups is 2. The fourth-order valence-corrected chi connectivity index (χ4v) is 3.87. The van der Waals surface area contributed by atoms with E-state index in [-0.39, 0.29) is 17.9 Å². The summed E-state index contributed by atoms with van der Waals surface area (Å²) in [4.78, 5) is 29.3. The van der Waals surface area contributed by atoms with E-state index in [1.165, 1.54) is 0 Å². The number of benzene rings is 2. The van der Waals surface area contributed by atoms with E-state index >= 15 is 0 Å². The normalized spacial score (nSPS) is 14.3. The zero-order chi connectivity index (χ0) is 21.8. The lowest BCUT2D eigenvalue weighted by molar-refractivity contribution is 0.0698. The van der Waals surface area contributed by atoms with Gasteiger partial charge < -0.3 is 19.7 Å². The Hall–Kier alpha value is -3.54. The number of nitrogens with zero attached hydrogens (tertiary/aromatic N) is 3. The molecule has 0 atom stereocenters. The average Bonchev–Trinajstić information content (AvgIpc) is 3.34. The summed E-state index contributed by atoms with van der Waals surface area (Å²) in [6, 6.07) is 19.3. The fourth-order valence-electron chi connectivity index (χ4n) is 3.87. The van der Waals surface area contributed by atoms with Crippen LogP contribution in [0.15, 0.2) is 73.1 Å². The second-order valence-electron chi connectivity index (χ2n) is 8.12. The van der Waals surface area contributed by atoms with Crippen molar-refractivity contribution >= 4 is 17.5 Å². The molecular formula is C25H28N4O2. The minimum atomic E-state index is -0.0666. The van der Waals surface area contributed by atoms with Crippen LogP contribution >= 0.6 is 0 Å². The van der Waals surface area contributed by atoms with Crippen molar-refractivity contribution in [1.82, 2.24) is 14.8 Å². The van der Waals surface area contributed by atoms with Crippen LogP contribution < -0.4 is 10.2 Å². The summed E-state index contributed by atoms with van der Waals surface area (Å²) >= 11 is 0. The van der Waals surface area contributed by atoms with Crippen LogP contribution in [0.5, 0.6) is 0 Å². The van der Waals surface area contributed by atoms with Crippen LogP contribution in [0.25, 0.3) is 5.69 Å². The van der Waals surface area contributed by atoms with Crippen molar-refractivity contribution in [3.63, 3.8) is 0 Å². The van der Waals surface area contributed by atoms with Gasteiger partial charge in [0, 0.05) is 68.1 Å². The molecule has 0 spiro atoms. The molecule has 0 radical (unpaired) electrons. The number of piperidine rings is 1. The predicted octanol–water partition coefficient (Wildman–Crippen LogP) is 3.58. The van der Waals surface area contributed by atoms with E-state index in [2.05, 4.69) is 5.32 Å². The summed E-state index contributed by atoms with van der Waals surface area (Å²) in [6.07, 6.45) is 5.46. The van der Waals surface area contributed by atoms with Crippen molar-refractivity contribution in [2.75, 3.05) is 32.1 Å². The van der Waals surface area contributed by atoms with E-state index in [9.17, 15) is 9.59 Å². The number of nitrogens with one attached hydrogen (secondary N) is 1. The van der Waals surface area contributed by atoms with E-state index in [0.29, 0.717) is 24.2 Å². The van der Waals surface area contributed by atoms with Crippen LogP contribution in [0.2, 0.25) is 0 Å². The average molecular weight is 417 g/mol. The highest BCUT2D eigenvalue weighted by Crippen LogP contribution is 2.18. The summed E-state index contributed by atoms with van der Waals surface area (Å²) in [7, 11) is 3.96. The minimum absolute atomic E-state index is 0.0516. The number of anilines is 1. The molecule has 0 aliphatic carbocycles. The van der Waals surface area contributed by atoms with Gasteiger partial charge in [0.2, 0.25) is 0 Å². The molecule has 1 saturated heterocycles. The third-order valence-electron chi connectivity index (χ3n) is 5.78. The van der Waals surface area contributed by atoms with Crippen molar-refractivity contribution in [3.05, 3.63) is 84.2 Å². The minimum Gasteiger partial charge on any atom is -0.378 e. The van der Waals surface area contributed by atoms with Gasteiger partial charge in [-0.05, 0) is 73.5 Å². The molecule has 160 valence electrons. The Kier molecular flexibility index (Phi) is 6.07. The molecule has 0 bridgehead atoms. The Morgan fingerprint density at radius 1 is 0.871 bits per heavy atom. The summed E-state index contributed by atoms with van der Waals surface area (Å²) in [5.41, 5.74) is 3.44. The molecule has 31 heavy (non-hydrogen) atoms. The highest BCUT2D eigenvalue weighted by atomic mass is 16.2. The standard InChI is InChI=1S/C25H28N4O2/c1-27(2)22-9-7-20(8-10-22)25(31)29-17-13-21(14-18-29)26-24(30)19-5-11-23(12-6-19)28-15-3-4-16-28/h3-12,15-16,21H,13-14,17-18H2,1-2H3,(H,26,30). The first kappa shape index (κ1) is 20.7. The SMILES string of the molecule is CN(C)c1ccc(C(=O)N2CCC(NC(=O)c3ccc(-n4cccc4)cc3)CC2)cc1. The van der Waals surface area contributed by atoms with Gasteiger partial charge in [0.15, 0.2) is 0 Å². The van der Waals surface area contributed by atoms with E-state index in [1.807, 2.05) is 102 Å². The molecule has 2 amide bonds. The van der Waals surface area contributed by atoms with E-state index in [0.717, 1.165) is 24.2 Å². The largest absolute Gasteiger partial charge is 0.378 e. The molecular weight excluding hydrogens is 388 g/mol. The highest BCUT2D eigenvalue weighted by Gasteiger charge is 2.25. The lowest BCUT2D eigenvalue weighted by atomic mass is 10.0. The van der Waals surface area contributed by atoms with Crippen molar-refractivity contribution in [1.29, 1.82) is 0 Å². The molecule has 1 N–H and O–H groups in total. The molecule has 6 heteroatoms. The Morgan fingerprint density at radius 2 is 1.45 bits per heavy atom. The number of hydrogen-bond acceptors (Lipinski definition) is 3. The van der Waals surface area contributed by atoms with E-state index in [1.54, 1.807) is 0 Å². The van der Waals surface area contributed by atoms with Gasteiger partial charge in [-0.15, -0.1) is 0 Å². The van der Waals surface area contributed by atoms with Gasteiger partial charge in [-0.3, -0.25) is 9.59 Å². The van der Waals surface area contributed by atoms with Gasteiger partial charge in [-0.1, -0.05) is 0 Å². The molecule has 4 rings (SSSR count). The predicted molar refractivity (Wildman–Crippen MR) is 123 cm³/mol. The van der Waals surface area contributed by atoms with Crippen LogP contribution in [-0.4, -0.2) is 54.5 Å². The molecule has 2 aromatic carbocycles. The van der Waals surface area contributed by atoms with Crippen LogP contribution in [0.1, 0.15) is 33.6 Å². The van der Waals surface area contributed by atoms with Gasteiger partial charge in [-0.2, -0.15) is 0 Å². The second-order valence-corrected chi connectivity index (χ2v) is 8.12. The van der Waals surface area contributed by atoms with Crippen LogP contribution in [0.3, 0.4) is 0 Å². The van der Waals surface area contributed by atoms with Crippen molar-refractivity contribution in [2.45, 2.75) is 18.9 Å². The quantitative estimate of drug-likeness (QED) is 0.692. The van der Waals surface area contributed by atoms with Gasteiger partial charge in [0.1, 0.15) is 0 Å². The van der Waals surface area contributed by atoms with Crippen molar-refractivity contribution < 1.29 is 9.59 Å².